The van der Waals surface area contributed by atoms with Crippen molar-refractivity contribution in [1.29, 1.82) is 0 Å². The topological polar surface area (TPSA) is 26.0 Å². The lowest BCUT2D eigenvalue weighted by Gasteiger charge is -2.43. The zero-order chi connectivity index (χ0) is 13.7. The minimum absolute atomic E-state index is 0.841. The predicted octanol–water partition coefficient (Wildman–Crippen LogP) is 4.99. The number of rotatable bonds is 5. The first kappa shape index (κ1) is 15.4. The molecule has 0 aromatic carbocycles. The van der Waals surface area contributed by atoms with E-state index in [-0.39, 0.29) is 0 Å². The molecule has 0 heterocycles. The lowest BCUT2D eigenvalue weighted by molar-refractivity contribution is 0.0800. The standard InChI is InChI=1S/C18H35N/c1-3-6-15-9-10-17(13-19)18(12-15)16-8-5-7-14(4-2)11-16/h14-18H,3-13,19H2,1-2H3. The summed E-state index contributed by atoms with van der Waals surface area (Å²) in [5.74, 6) is 4.84. The van der Waals surface area contributed by atoms with Gasteiger partial charge < -0.3 is 5.73 Å². The van der Waals surface area contributed by atoms with E-state index in [1.165, 1.54) is 64.2 Å². The number of nitrogens with two attached hydrogens (primary N) is 1. The van der Waals surface area contributed by atoms with E-state index >= 15 is 0 Å². The highest BCUT2D eigenvalue weighted by Gasteiger charge is 2.36. The van der Waals surface area contributed by atoms with E-state index in [2.05, 4.69) is 13.8 Å². The molecular weight excluding hydrogens is 230 g/mol. The van der Waals surface area contributed by atoms with Crippen LogP contribution in [0.5, 0.6) is 0 Å². The molecule has 2 N–H and O–H groups in total. The van der Waals surface area contributed by atoms with E-state index in [0.29, 0.717) is 0 Å². The van der Waals surface area contributed by atoms with Crippen LogP contribution in [-0.2, 0) is 0 Å². The van der Waals surface area contributed by atoms with Crippen LogP contribution < -0.4 is 5.73 Å². The minimum atomic E-state index is 0.841. The maximum atomic E-state index is 6.09. The Balaban J connectivity index is 1.96. The van der Waals surface area contributed by atoms with Crippen LogP contribution in [0.3, 0.4) is 0 Å². The summed E-state index contributed by atoms with van der Waals surface area (Å²) in [5.41, 5.74) is 6.09. The van der Waals surface area contributed by atoms with Gasteiger partial charge in [0.25, 0.3) is 0 Å². The highest BCUT2D eigenvalue weighted by atomic mass is 14.6. The monoisotopic (exact) mass is 265 g/mol. The molecule has 5 atom stereocenters. The van der Waals surface area contributed by atoms with Crippen molar-refractivity contribution in [3.8, 4) is 0 Å². The first-order chi connectivity index (χ1) is 9.28. The van der Waals surface area contributed by atoms with Gasteiger partial charge in [0.05, 0.1) is 0 Å². The van der Waals surface area contributed by atoms with Gasteiger partial charge >= 0.3 is 0 Å². The van der Waals surface area contributed by atoms with Crippen molar-refractivity contribution < 1.29 is 0 Å². The molecule has 19 heavy (non-hydrogen) atoms. The third-order valence-electron chi connectivity index (χ3n) is 6.16. The van der Waals surface area contributed by atoms with Gasteiger partial charge in [-0.15, -0.1) is 0 Å². The molecular formula is C18H35N. The molecule has 2 rings (SSSR count). The minimum Gasteiger partial charge on any atom is -0.330 e. The molecule has 5 unspecified atom stereocenters. The van der Waals surface area contributed by atoms with Crippen molar-refractivity contribution in [2.24, 2.45) is 35.3 Å². The maximum absolute atomic E-state index is 6.09. The van der Waals surface area contributed by atoms with E-state index in [1.54, 1.807) is 0 Å². The normalized spacial score (nSPS) is 40.3. The van der Waals surface area contributed by atoms with E-state index in [0.717, 1.165) is 36.1 Å². The Morgan fingerprint density at radius 1 is 0.947 bits per heavy atom. The molecule has 2 saturated carbocycles. The molecule has 0 bridgehead atoms. The summed E-state index contributed by atoms with van der Waals surface area (Å²) in [6.07, 6.45) is 14.6. The van der Waals surface area contributed by atoms with Crippen LogP contribution in [-0.4, -0.2) is 6.54 Å². The van der Waals surface area contributed by atoms with Crippen LogP contribution in [0.4, 0.5) is 0 Å². The molecule has 1 nitrogen and oxygen atoms in total. The molecule has 0 aromatic heterocycles. The summed E-state index contributed by atoms with van der Waals surface area (Å²) in [6, 6.07) is 0. The fourth-order valence-corrected chi connectivity index (χ4v) is 4.99. The number of hydrogen-bond acceptors (Lipinski definition) is 1. The largest absolute Gasteiger partial charge is 0.330 e. The van der Waals surface area contributed by atoms with E-state index in [9.17, 15) is 0 Å². The molecule has 0 aliphatic heterocycles. The zero-order valence-corrected chi connectivity index (χ0v) is 13.2. The Morgan fingerprint density at radius 3 is 2.47 bits per heavy atom. The van der Waals surface area contributed by atoms with Crippen LogP contribution in [0, 0.1) is 29.6 Å². The summed E-state index contributed by atoms with van der Waals surface area (Å²) in [4.78, 5) is 0. The summed E-state index contributed by atoms with van der Waals surface area (Å²) in [6.45, 7) is 5.67. The van der Waals surface area contributed by atoms with Gasteiger partial charge in [0.1, 0.15) is 0 Å². The van der Waals surface area contributed by atoms with Gasteiger partial charge in [-0.05, 0) is 55.4 Å². The Morgan fingerprint density at radius 2 is 1.79 bits per heavy atom. The molecule has 0 amide bonds. The number of hydrogen-bond donors (Lipinski definition) is 1. The van der Waals surface area contributed by atoms with Crippen LogP contribution in [0.2, 0.25) is 0 Å². The summed E-state index contributed by atoms with van der Waals surface area (Å²) in [7, 11) is 0. The third kappa shape index (κ3) is 3.97. The fourth-order valence-electron chi connectivity index (χ4n) is 4.99. The van der Waals surface area contributed by atoms with E-state index in [1.807, 2.05) is 0 Å². The average molecular weight is 265 g/mol. The smallest absolute Gasteiger partial charge is 0.00461 e. The second-order valence-electron chi connectivity index (χ2n) is 7.33. The van der Waals surface area contributed by atoms with Crippen molar-refractivity contribution in [3.63, 3.8) is 0 Å². The summed E-state index contributed by atoms with van der Waals surface area (Å²) in [5, 5.41) is 0. The molecule has 0 spiro atoms. The van der Waals surface area contributed by atoms with Crippen LogP contribution in [0.1, 0.15) is 78.1 Å². The highest BCUT2D eigenvalue weighted by molar-refractivity contribution is 4.87. The zero-order valence-electron chi connectivity index (χ0n) is 13.2. The second-order valence-corrected chi connectivity index (χ2v) is 7.33. The first-order valence-corrected chi connectivity index (χ1v) is 8.98. The van der Waals surface area contributed by atoms with Crippen LogP contribution in [0.15, 0.2) is 0 Å². The Kier molecular flexibility index (Phi) is 6.19. The average Bonchev–Trinajstić information content (AvgIpc) is 2.47. The highest BCUT2D eigenvalue weighted by Crippen LogP contribution is 2.45. The second kappa shape index (κ2) is 7.67. The molecule has 112 valence electrons. The van der Waals surface area contributed by atoms with E-state index < -0.39 is 0 Å². The summed E-state index contributed by atoms with van der Waals surface area (Å²) >= 11 is 0. The van der Waals surface area contributed by atoms with Crippen molar-refractivity contribution in [2.45, 2.75) is 78.1 Å². The third-order valence-corrected chi connectivity index (χ3v) is 6.16. The lowest BCUT2D eigenvalue weighted by Crippen LogP contribution is -2.37. The van der Waals surface area contributed by atoms with Gasteiger partial charge in [-0.25, -0.2) is 0 Å². The van der Waals surface area contributed by atoms with Crippen molar-refractivity contribution in [1.82, 2.24) is 0 Å². The van der Waals surface area contributed by atoms with Crippen LogP contribution in [0.25, 0.3) is 0 Å². The predicted molar refractivity (Wildman–Crippen MR) is 84.0 cm³/mol. The molecule has 2 aliphatic rings. The van der Waals surface area contributed by atoms with Gasteiger partial charge in [0.2, 0.25) is 0 Å². The fraction of sp³-hybridized carbons (Fsp3) is 1.00. The van der Waals surface area contributed by atoms with Crippen molar-refractivity contribution in [2.75, 3.05) is 6.54 Å². The molecule has 2 aliphatic carbocycles. The molecule has 0 saturated heterocycles. The molecule has 0 radical (unpaired) electrons. The molecule has 0 aromatic rings. The molecule has 2 fully saturated rings. The van der Waals surface area contributed by atoms with Gasteiger partial charge in [0, 0.05) is 0 Å². The van der Waals surface area contributed by atoms with E-state index in [4.69, 9.17) is 5.73 Å². The molecule has 1 heteroatoms. The van der Waals surface area contributed by atoms with Crippen molar-refractivity contribution >= 4 is 0 Å². The quantitative estimate of drug-likeness (QED) is 0.744. The van der Waals surface area contributed by atoms with Gasteiger partial charge in [-0.3, -0.25) is 0 Å². The maximum Gasteiger partial charge on any atom is -0.00461 e. The van der Waals surface area contributed by atoms with Crippen LogP contribution >= 0.6 is 0 Å². The van der Waals surface area contributed by atoms with Gasteiger partial charge in [0.15, 0.2) is 0 Å². The Labute approximate surface area is 120 Å². The first-order valence-electron chi connectivity index (χ1n) is 8.98. The SMILES string of the molecule is CCCC1CCC(CN)C(C2CCCC(CC)C2)C1. The van der Waals surface area contributed by atoms with Gasteiger partial charge in [-0.2, -0.15) is 0 Å². The summed E-state index contributed by atoms with van der Waals surface area (Å²) < 4.78 is 0. The van der Waals surface area contributed by atoms with Crippen molar-refractivity contribution in [3.05, 3.63) is 0 Å². The van der Waals surface area contributed by atoms with Gasteiger partial charge in [-0.1, -0.05) is 58.8 Å². The lowest BCUT2D eigenvalue weighted by atomic mass is 9.63. The Hall–Kier alpha value is -0.0400. The Bertz CT molecular complexity index is 250.